The molecule has 0 aliphatic carbocycles. The summed E-state index contributed by atoms with van der Waals surface area (Å²) < 4.78 is 47.1. The van der Waals surface area contributed by atoms with Gasteiger partial charge in [0.2, 0.25) is 0 Å². The fourth-order valence-electron chi connectivity index (χ4n) is 3.92. The average Bonchev–Trinajstić information content (AvgIpc) is 2.71. The lowest BCUT2D eigenvalue weighted by Crippen LogP contribution is -2.47. The molecule has 1 N–H and O–H groups in total. The zero-order valence-electron chi connectivity index (χ0n) is 17.1. The summed E-state index contributed by atoms with van der Waals surface area (Å²) in [5, 5.41) is 3.55. The molecule has 0 aromatic heterocycles. The summed E-state index contributed by atoms with van der Waals surface area (Å²) in [6, 6.07) is 14.7. The summed E-state index contributed by atoms with van der Waals surface area (Å²) in [6.45, 7) is 5.50. The minimum atomic E-state index is -4.72. The number of ether oxygens (including phenoxy) is 2. The predicted molar refractivity (Wildman–Crippen MR) is 113 cm³/mol. The molecule has 30 heavy (non-hydrogen) atoms. The Kier molecular flexibility index (Phi) is 8.82. The van der Waals surface area contributed by atoms with Gasteiger partial charge in [-0.3, -0.25) is 0 Å². The number of rotatable bonds is 7. The highest BCUT2D eigenvalue weighted by Crippen LogP contribution is 2.31. The molecule has 8 heteroatoms. The van der Waals surface area contributed by atoms with Crippen LogP contribution in [0.1, 0.15) is 30.4 Å². The highest BCUT2D eigenvalue weighted by molar-refractivity contribution is 5.85. The van der Waals surface area contributed by atoms with Gasteiger partial charge in [0.15, 0.2) is 0 Å². The van der Waals surface area contributed by atoms with Crippen molar-refractivity contribution >= 4 is 12.4 Å². The van der Waals surface area contributed by atoms with Crippen molar-refractivity contribution in [1.82, 2.24) is 10.2 Å². The van der Waals surface area contributed by atoms with Crippen LogP contribution in [0.3, 0.4) is 0 Å². The largest absolute Gasteiger partial charge is 0.573 e. The second-order valence-corrected chi connectivity index (χ2v) is 7.21. The Morgan fingerprint density at radius 2 is 1.87 bits per heavy atom. The lowest BCUT2D eigenvalue weighted by molar-refractivity contribution is -0.274. The van der Waals surface area contributed by atoms with Crippen molar-refractivity contribution in [1.29, 1.82) is 0 Å². The van der Waals surface area contributed by atoms with Crippen LogP contribution in [0.4, 0.5) is 13.2 Å². The van der Waals surface area contributed by atoms with Gasteiger partial charge in [0.1, 0.15) is 11.5 Å². The molecule has 3 rings (SSSR count). The smallest absolute Gasteiger partial charge is 0.496 e. The summed E-state index contributed by atoms with van der Waals surface area (Å²) in [5.41, 5.74) is 1.91. The van der Waals surface area contributed by atoms with Gasteiger partial charge >= 0.3 is 6.36 Å². The molecule has 166 valence electrons. The molecule has 0 amide bonds. The second kappa shape index (κ2) is 10.9. The summed E-state index contributed by atoms with van der Waals surface area (Å²) in [4.78, 5) is 2.42. The molecule has 0 spiro atoms. The first-order valence-corrected chi connectivity index (χ1v) is 9.83. The van der Waals surface area contributed by atoms with E-state index in [9.17, 15) is 13.2 Å². The third-order valence-corrected chi connectivity index (χ3v) is 5.41. The standard InChI is InChI=1S/C22H27F3N2O2.ClH/c1-3-27-12-11-20(19(15-27)16-7-5-4-6-8-16)26-14-17-13-18(29-22(23,24)25)9-10-21(17)28-2;/h4-10,13,19-20,26H,3,11-12,14-15H2,1-2H3;1H/t19-,20-;/m0./s1. The van der Waals surface area contributed by atoms with Crippen LogP contribution in [0.15, 0.2) is 48.5 Å². The second-order valence-electron chi connectivity index (χ2n) is 7.21. The van der Waals surface area contributed by atoms with E-state index in [0.29, 0.717) is 23.8 Å². The molecule has 2 atom stereocenters. The summed E-state index contributed by atoms with van der Waals surface area (Å²) in [6.07, 6.45) is -3.75. The monoisotopic (exact) mass is 444 g/mol. The number of nitrogens with zero attached hydrogens (tertiary/aromatic N) is 1. The van der Waals surface area contributed by atoms with E-state index in [1.807, 2.05) is 18.2 Å². The SMILES string of the molecule is CCN1CC[C@H](NCc2cc(OC(F)(F)F)ccc2OC)[C@H](c2ccccc2)C1.Cl. The maximum absolute atomic E-state index is 12.6. The summed E-state index contributed by atoms with van der Waals surface area (Å²) in [5.74, 6) is 0.607. The van der Waals surface area contributed by atoms with Crippen LogP contribution in [-0.4, -0.2) is 44.0 Å². The van der Waals surface area contributed by atoms with Gasteiger partial charge < -0.3 is 19.7 Å². The number of likely N-dealkylation sites (tertiary alicyclic amines) is 1. The van der Waals surface area contributed by atoms with Gasteiger partial charge in [0.25, 0.3) is 0 Å². The first kappa shape index (κ1) is 24.3. The molecular formula is C22H28ClF3N2O2. The topological polar surface area (TPSA) is 33.7 Å². The molecule has 1 saturated heterocycles. The minimum absolute atomic E-state index is 0. The molecule has 1 heterocycles. The van der Waals surface area contributed by atoms with Crippen LogP contribution in [0, 0.1) is 0 Å². The number of benzene rings is 2. The van der Waals surface area contributed by atoms with Crippen LogP contribution in [-0.2, 0) is 6.54 Å². The number of hydrogen-bond acceptors (Lipinski definition) is 4. The van der Waals surface area contributed by atoms with Gasteiger partial charge in [-0.05, 0) is 43.3 Å². The summed E-state index contributed by atoms with van der Waals surface area (Å²) in [7, 11) is 1.51. The maximum Gasteiger partial charge on any atom is 0.573 e. The molecule has 0 unspecified atom stereocenters. The number of nitrogens with one attached hydrogen (secondary N) is 1. The fourth-order valence-corrected chi connectivity index (χ4v) is 3.92. The third kappa shape index (κ3) is 6.52. The Hall–Kier alpha value is -1.96. The number of alkyl halides is 3. The molecule has 2 aromatic carbocycles. The van der Waals surface area contributed by atoms with Crippen LogP contribution >= 0.6 is 12.4 Å². The summed E-state index contributed by atoms with van der Waals surface area (Å²) >= 11 is 0. The van der Waals surface area contributed by atoms with E-state index in [1.54, 1.807) is 0 Å². The normalized spacial score (nSPS) is 19.8. The number of likely N-dealkylation sites (N-methyl/N-ethyl adjacent to an activating group) is 1. The van der Waals surface area contributed by atoms with Crippen molar-refractivity contribution in [3.05, 3.63) is 59.7 Å². The number of methoxy groups -OCH3 is 1. The van der Waals surface area contributed by atoms with Crippen molar-refractivity contribution in [2.75, 3.05) is 26.7 Å². The number of hydrogen-bond donors (Lipinski definition) is 1. The van der Waals surface area contributed by atoms with Crippen LogP contribution < -0.4 is 14.8 Å². The molecule has 1 aliphatic rings. The molecule has 0 saturated carbocycles. The number of piperidine rings is 1. The number of halogens is 4. The molecule has 1 fully saturated rings. The molecule has 0 radical (unpaired) electrons. The first-order valence-electron chi connectivity index (χ1n) is 9.83. The van der Waals surface area contributed by atoms with Gasteiger partial charge in [-0.15, -0.1) is 25.6 Å². The van der Waals surface area contributed by atoms with Crippen molar-refractivity contribution < 1.29 is 22.6 Å². The fraction of sp³-hybridized carbons (Fsp3) is 0.455. The van der Waals surface area contributed by atoms with E-state index in [1.165, 1.54) is 30.9 Å². The Morgan fingerprint density at radius 3 is 2.50 bits per heavy atom. The van der Waals surface area contributed by atoms with Crippen LogP contribution in [0.5, 0.6) is 11.5 Å². The van der Waals surface area contributed by atoms with Gasteiger partial charge in [0.05, 0.1) is 7.11 Å². The zero-order chi connectivity index (χ0) is 20.9. The highest BCUT2D eigenvalue weighted by atomic mass is 35.5. The Bertz CT molecular complexity index is 790. The molecule has 0 bridgehead atoms. The molecular weight excluding hydrogens is 417 g/mol. The zero-order valence-corrected chi connectivity index (χ0v) is 17.9. The average molecular weight is 445 g/mol. The van der Waals surface area contributed by atoms with Gasteiger partial charge in [-0.25, -0.2) is 0 Å². The quantitative estimate of drug-likeness (QED) is 0.652. The Morgan fingerprint density at radius 1 is 1.13 bits per heavy atom. The van der Waals surface area contributed by atoms with Gasteiger partial charge in [0, 0.05) is 30.6 Å². The minimum Gasteiger partial charge on any atom is -0.496 e. The van der Waals surface area contributed by atoms with Crippen LogP contribution in [0.25, 0.3) is 0 Å². The van der Waals surface area contributed by atoms with E-state index < -0.39 is 6.36 Å². The van der Waals surface area contributed by atoms with Crippen molar-refractivity contribution in [3.8, 4) is 11.5 Å². The predicted octanol–water partition coefficient (Wildman–Crippen LogP) is 4.98. The van der Waals surface area contributed by atoms with E-state index in [0.717, 1.165) is 26.1 Å². The molecule has 2 aromatic rings. The van der Waals surface area contributed by atoms with E-state index in [2.05, 4.69) is 34.0 Å². The van der Waals surface area contributed by atoms with Crippen LogP contribution in [0.2, 0.25) is 0 Å². The lowest BCUT2D eigenvalue weighted by Gasteiger charge is -2.39. The van der Waals surface area contributed by atoms with Gasteiger partial charge in [-0.2, -0.15) is 0 Å². The van der Waals surface area contributed by atoms with Gasteiger partial charge in [-0.1, -0.05) is 37.3 Å². The lowest BCUT2D eigenvalue weighted by atomic mass is 9.86. The molecule has 1 aliphatic heterocycles. The maximum atomic E-state index is 12.6. The highest BCUT2D eigenvalue weighted by Gasteiger charge is 2.32. The third-order valence-electron chi connectivity index (χ3n) is 5.41. The Labute approximate surface area is 181 Å². The Balaban J connectivity index is 0.00000320. The van der Waals surface area contributed by atoms with Crippen molar-refractivity contribution in [2.45, 2.75) is 38.2 Å². The van der Waals surface area contributed by atoms with Crippen molar-refractivity contribution in [2.24, 2.45) is 0 Å². The van der Waals surface area contributed by atoms with E-state index >= 15 is 0 Å². The van der Waals surface area contributed by atoms with E-state index in [4.69, 9.17) is 4.74 Å². The molecule has 4 nitrogen and oxygen atoms in total. The van der Waals surface area contributed by atoms with E-state index in [-0.39, 0.29) is 24.2 Å². The first-order chi connectivity index (χ1) is 13.9. The van der Waals surface area contributed by atoms with Crippen molar-refractivity contribution in [3.63, 3.8) is 0 Å².